The van der Waals surface area contributed by atoms with Crippen molar-refractivity contribution in [2.75, 3.05) is 0 Å². The molecule has 4 rings (SSSR count). The molecular weight excluding hydrogens is 290 g/mol. The van der Waals surface area contributed by atoms with Crippen molar-refractivity contribution in [1.29, 1.82) is 0 Å². The highest BCUT2D eigenvalue weighted by atomic mass is 16.4. The Hall–Kier alpha value is -2.95. The Morgan fingerprint density at radius 1 is 1.00 bits per heavy atom. The molecule has 1 amide bonds. The summed E-state index contributed by atoms with van der Waals surface area (Å²) >= 11 is 0. The molecule has 1 aliphatic rings. The number of carbonyl (C=O) groups is 1. The van der Waals surface area contributed by atoms with Gasteiger partial charge in [0.25, 0.3) is 5.91 Å². The largest absolute Gasteiger partial charge is 0.421 e. The summed E-state index contributed by atoms with van der Waals surface area (Å²) in [4.78, 5) is 11.7. The summed E-state index contributed by atoms with van der Waals surface area (Å²) < 4.78 is 5.55. The van der Waals surface area contributed by atoms with E-state index in [9.17, 15) is 4.79 Å². The molecular formula is C18H15N3O2. The Labute approximate surface area is 133 Å². The Kier molecular flexibility index (Phi) is 3.01. The van der Waals surface area contributed by atoms with Gasteiger partial charge in [0.15, 0.2) is 0 Å². The minimum atomic E-state index is -0.00233. The van der Waals surface area contributed by atoms with Gasteiger partial charge in [0.05, 0.1) is 0 Å². The van der Waals surface area contributed by atoms with E-state index in [1.54, 1.807) is 6.92 Å². The van der Waals surface area contributed by atoms with Gasteiger partial charge >= 0.3 is 0 Å². The van der Waals surface area contributed by atoms with Gasteiger partial charge in [-0.2, -0.15) is 0 Å². The highest BCUT2D eigenvalue weighted by Crippen LogP contribution is 2.30. The predicted molar refractivity (Wildman–Crippen MR) is 85.8 cm³/mol. The number of aryl methyl sites for hydroxylation is 2. The Morgan fingerprint density at radius 3 is 2.57 bits per heavy atom. The topological polar surface area (TPSA) is 68.0 Å². The zero-order valence-electron chi connectivity index (χ0n) is 12.9. The summed E-state index contributed by atoms with van der Waals surface area (Å²) in [5.74, 6) is 1.07. The van der Waals surface area contributed by atoms with Crippen LogP contribution in [0.3, 0.4) is 0 Å². The standard InChI is InChI=1S/C18H15N3O2/c1-10-3-4-13(8-16(10)18-21-20-11(2)23-18)12-5-6-15-14(7-12)9-19-17(15)22/h3-8H,9H2,1-2H3,(H,19,22). The number of benzene rings is 2. The van der Waals surface area contributed by atoms with E-state index in [4.69, 9.17) is 4.42 Å². The average Bonchev–Trinajstić information content (AvgIpc) is 3.14. The van der Waals surface area contributed by atoms with Crippen LogP contribution in [0.2, 0.25) is 0 Å². The van der Waals surface area contributed by atoms with E-state index in [1.807, 2.05) is 31.2 Å². The van der Waals surface area contributed by atoms with Crippen molar-refractivity contribution >= 4 is 5.91 Å². The van der Waals surface area contributed by atoms with E-state index in [1.165, 1.54) is 0 Å². The summed E-state index contributed by atoms with van der Waals surface area (Å²) in [5.41, 5.74) is 5.92. The molecule has 0 spiro atoms. The summed E-state index contributed by atoms with van der Waals surface area (Å²) in [5, 5.41) is 10.8. The van der Waals surface area contributed by atoms with Gasteiger partial charge in [-0.25, -0.2) is 0 Å². The molecule has 0 unspecified atom stereocenters. The number of aromatic nitrogens is 2. The predicted octanol–water partition coefficient (Wildman–Crippen LogP) is 3.26. The molecule has 0 aliphatic carbocycles. The first-order valence-electron chi connectivity index (χ1n) is 7.44. The summed E-state index contributed by atoms with van der Waals surface area (Å²) in [6, 6.07) is 12.1. The van der Waals surface area contributed by atoms with Gasteiger partial charge in [-0.1, -0.05) is 18.2 Å². The Morgan fingerprint density at radius 2 is 1.78 bits per heavy atom. The van der Waals surface area contributed by atoms with Gasteiger partial charge in [-0.3, -0.25) is 4.79 Å². The number of amides is 1. The fourth-order valence-corrected chi connectivity index (χ4v) is 2.85. The molecule has 114 valence electrons. The van der Waals surface area contributed by atoms with Gasteiger partial charge in [0.2, 0.25) is 11.8 Å². The third-order valence-electron chi connectivity index (χ3n) is 4.12. The minimum absolute atomic E-state index is 0.00233. The van der Waals surface area contributed by atoms with E-state index in [0.717, 1.165) is 33.4 Å². The lowest BCUT2D eigenvalue weighted by Gasteiger charge is -2.08. The fourth-order valence-electron chi connectivity index (χ4n) is 2.85. The Bertz CT molecular complexity index is 928. The van der Waals surface area contributed by atoms with Crippen LogP contribution < -0.4 is 5.32 Å². The number of carbonyl (C=O) groups excluding carboxylic acids is 1. The quantitative estimate of drug-likeness (QED) is 0.789. The smallest absolute Gasteiger partial charge is 0.251 e. The second kappa shape index (κ2) is 5.05. The second-order valence-corrected chi connectivity index (χ2v) is 5.71. The molecule has 0 saturated heterocycles. The minimum Gasteiger partial charge on any atom is -0.421 e. The molecule has 3 aromatic rings. The molecule has 5 heteroatoms. The van der Waals surface area contributed by atoms with Gasteiger partial charge in [-0.15, -0.1) is 10.2 Å². The molecule has 0 bridgehead atoms. The van der Waals surface area contributed by atoms with Crippen molar-refractivity contribution < 1.29 is 9.21 Å². The van der Waals surface area contributed by atoms with E-state index >= 15 is 0 Å². The lowest BCUT2D eigenvalue weighted by molar-refractivity contribution is 0.0966. The van der Waals surface area contributed by atoms with Crippen LogP contribution in [0.1, 0.15) is 27.4 Å². The van der Waals surface area contributed by atoms with E-state index < -0.39 is 0 Å². The number of nitrogens with zero attached hydrogens (tertiary/aromatic N) is 2. The lowest BCUT2D eigenvalue weighted by Crippen LogP contribution is -2.12. The number of hydrogen-bond acceptors (Lipinski definition) is 4. The fraction of sp³-hybridized carbons (Fsp3) is 0.167. The van der Waals surface area contributed by atoms with Crippen LogP contribution in [0.15, 0.2) is 40.8 Å². The maximum absolute atomic E-state index is 11.7. The number of nitrogens with one attached hydrogen (secondary N) is 1. The molecule has 0 radical (unpaired) electrons. The number of hydrogen-bond donors (Lipinski definition) is 1. The zero-order valence-corrected chi connectivity index (χ0v) is 12.9. The normalized spacial score (nSPS) is 13.0. The van der Waals surface area contributed by atoms with Crippen molar-refractivity contribution in [1.82, 2.24) is 15.5 Å². The first-order valence-corrected chi connectivity index (χ1v) is 7.44. The van der Waals surface area contributed by atoms with Crippen LogP contribution >= 0.6 is 0 Å². The Balaban J connectivity index is 1.80. The van der Waals surface area contributed by atoms with E-state index in [0.29, 0.717) is 18.3 Å². The summed E-state index contributed by atoms with van der Waals surface area (Å²) in [6.07, 6.45) is 0. The van der Waals surface area contributed by atoms with Crippen LogP contribution in [0.4, 0.5) is 0 Å². The first-order chi connectivity index (χ1) is 11.1. The van der Waals surface area contributed by atoms with Crippen molar-refractivity contribution in [3.8, 4) is 22.6 Å². The number of fused-ring (bicyclic) bond motifs is 1. The second-order valence-electron chi connectivity index (χ2n) is 5.71. The van der Waals surface area contributed by atoms with Crippen LogP contribution in [-0.4, -0.2) is 16.1 Å². The third-order valence-corrected chi connectivity index (χ3v) is 4.12. The molecule has 5 nitrogen and oxygen atoms in total. The third kappa shape index (κ3) is 2.30. The van der Waals surface area contributed by atoms with Gasteiger partial charge in [0, 0.05) is 24.6 Å². The SMILES string of the molecule is Cc1nnc(-c2cc(-c3ccc4c(c3)CNC4=O)ccc2C)o1. The van der Waals surface area contributed by atoms with Gasteiger partial charge in [0.1, 0.15) is 0 Å². The summed E-state index contributed by atoms with van der Waals surface area (Å²) in [7, 11) is 0. The maximum atomic E-state index is 11.7. The van der Waals surface area contributed by atoms with E-state index in [-0.39, 0.29) is 5.91 Å². The van der Waals surface area contributed by atoms with Crippen molar-refractivity contribution in [3.63, 3.8) is 0 Å². The average molecular weight is 305 g/mol. The van der Waals surface area contributed by atoms with Crippen molar-refractivity contribution in [3.05, 3.63) is 59.0 Å². The van der Waals surface area contributed by atoms with Crippen LogP contribution in [0.5, 0.6) is 0 Å². The van der Waals surface area contributed by atoms with Crippen LogP contribution in [0, 0.1) is 13.8 Å². The molecule has 2 aromatic carbocycles. The van der Waals surface area contributed by atoms with Crippen LogP contribution in [-0.2, 0) is 6.54 Å². The number of rotatable bonds is 2. The molecule has 1 aromatic heterocycles. The molecule has 0 saturated carbocycles. The monoisotopic (exact) mass is 305 g/mol. The highest BCUT2D eigenvalue weighted by Gasteiger charge is 2.19. The molecule has 1 N–H and O–H groups in total. The maximum Gasteiger partial charge on any atom is 0.251 e. The molecule has 0 fully saturated rings. The van der Waals surface area contributed by atoms with E-state index in [2.05, 4.69) is 27.6 Å². The molecule has 2 heterocycles. The van der Waals surface area contributed by atoms with Gasteiger partial charge < -0.3 is 9.73 Å². The van der Waals surface area contributed by atoms with Crippen molar-refractivity contribution in [2.24, 2.45) is 0 Å². The molecule has 1 aliphatic heterocycles. The molecule has 23 heavy (non-hydrogen) atoms. The molecule has 0 atom stereocenters. The summed E-state index contributed by atoms with van der Waals surface area (Å²) in [6.45, 7) is 4.38. The lowest BCUT2D eigenvalue weighted by atomic mass is 9.97. The first kappa shape index (κ1) is 13.7. The van der Waals surface area contributed by atoms with Crippen molar-refractivity contribution in [2.45, 2.75) is 20.4 Å². The highest BCUT2D eigenvalue weighted by molar-refractivity contribution is 5.99. The van der Waals surface area contributed by atoms with Gasteiger partial charge in [-0.05, 0) is 47.4 Å². The van der Waals surface area contributed by atoms with Crippen LogP contribution in [0.25, 0.3) is 22.6 Å². The zero-order chi connectivity index (χ0) is 16.0.